The molecule has 1 amide bonds. The second kappa shape index (κ2) is 8.24. The fourth-order valence-electron chi connectivity index (χ4n) is 3.28. The van der Waals surface area contributed by atoms with Gasteiger partial charge in [0.05, 0.1) is 18.4 Å². The standard InChI is InChI=1S/C20H28N6O/c1-5-21-20(22-11-17-7-6-15(2)10-16(17)3)25-8-9-26(19(27)14-25)18-12-23-24(4)13-18/h6-7,10,12-13H,5,8-9,11,14H2,1-4H3,(H,21,22). The van der Waals surface area contributed by atoms with Gasteiger partial charge in [-0.3, -0.25) is 9.48 Å². The fraction of sp³-hybridized carbons (Fsp3) is 0.450. The molecule has 1 aliphatic heterocycles. The summed E-state index contributed by atoms with van der Waals surface area (Å²) in [5, 5.41) is 7.48. The molecule has 0 unspecified atom stereocenters. The van der Waals surface area contributed by atoms with E-state index < -0.39 is 0 Å². The molecule has 1 fully saturated rings. The number of aromatic nitrogens is 2. The summed E-state index contributed by atoms with van der Waals surface area (Å²) in [5.74, 6) is 0.850. The van der Waals surface area contributed by atoms with E-state index in [9.17, 15) is 4.79 Å². The second-order valence-corrected chi connectivity index (χ2v) is 6.94. The Balaban J connectivity index is 1.71. The van der Waals surface area contributed by atoms with Crippen LogP contribution in [0.1, 0.15) is 23.6 Å². The number of aryl methyl sites for hydroxylation is 3. The van der Waals surface area contributed by atoms with E-state index in [1.54, 1.807) is 15.8 Å². The minimum atomic E-state index is 0.0615. The van der Waals surface area contributed by atoms with Crippen molar-refractivity contribution in [3.63, 3.8) is 0 Å². The molecule has 0 spiro atoms. The Kier molecular flexibility index (Phi) is 5.78. The molecular weight excluding hydrogens is 340 g/mol. The van der Waals surface area contributed by atoms with Crippen LogP contribution < -0.4 is 10.2 Å². The van der Waals surface area contributed by atoms with Crippen LogP contribution in [-0.2, 0) is 18.4 Å². The monoisotopic (exact) mass is 368 g/mol. The zero-order valence-electron chi connectivity index (χ0n) is 16.6. The molecule has 1 aliphatic rings. The van der Waals surface area contributed by atoms with Gasteiger partial charge in [-0.2, -0.15) is 5.10 Å². The number of hydrogen-bond acceptors (Lipinski definition) is 3. The van der Waals surface area contributed by atoms with Crippen molar-refractivity contribution in [3.05, 3.63) is 47.3 Å². The Labute approximate surface area is 160 Å². The van der Waals surface area contributed by atoms with Crippen molar-refractivity contribution in [2.24, 2.45) is 12.0 Å². The maximum Gasteiger partial charge on any atom is 0.246 e. The minimum Gasteiger partial charge on any atom is -0.356 e. The Morgan fingerprint density at radius 2 is 2.11 bits per heavy atom. The molecule has 144 valence electrons. The van der Waals surface area contributed by atoms with Crippen LogP contribution in [0, 0.1) is 13.8 Å². The average molecular weight is 368 g/mol. The Morgan fingerprint density at radius 1 is 1.30 bits per heavy atom. The van der Waals surface area contributed by atoms with Gasteiger partial charge in [-0.05, 0) is 31.9 Å². The van der Waals surface area contributed by atoms with Gasteiger partial charge in [-0.15, -0.1) is 0 Å². The molecule has 3 rings (SSSR count). The van der Waals surface area contributed by atoms with E-state index in [1.165, 1.54) is 16.7 Å². The van der Waals surface area contributed by atoms with E-state index in [-0.39, 0.29) is 5.91 Å². The van der Waals surface area contributed by atoms with E-state index in [2.05, 4.69) is 42.5 Å². The van der Waals surface area contributed by atoms with Crippen LogP contribution in [0.25, 0.3) is 0 Å². The number of amides is 1. The molecule has 0 atom stereocenters. The molecule has 2 aromatic rings. The summed E-state index contributed by atoms with van der Waals surface area (Å²) in [6, 6.07) is 6.41. The lowest BCUT2D eigenvalue weighted by Crippen LogP contribution is -2.55. The molecule has 27 heavy (non-hydrogen) atoms. The number of guanidine groups is 1. The van der Waals surface area contributed by atoms with E-state index >= 15 is 0 Å². The van der Waals surface area contributed by atoms with Crippen LogP contribution in [0.3, 0.4) is 0 Å². The third kappa shape index (κ3) is 4.48. The predicted octanol–water partition coefficient (Wildman–Crippen LogP) is 1.85. The molecule has 1 N–H and O–H groups in total. The zero-order chi connectivity index (χ0) is 19.4. The molecule has 0 bridgehead atoms. The van der Waals surface area contributed by atoms with Gasteiger partial charge in [0.15, 0.2) is 5.96 Å². The van der Waals surface area contributed by atoms with Crippen LogP contribution >= 0.6 is 0 Å². The van der Waals surface area contributed by atoms with Crippen LogP contribution in [-0.4, -0.2) is 52.7 Å². The van der Waals surface area contributed by atoms with E-state index in [1.807, 2.05) is 25.1 Å². The van der Waals surface area contributed by atoms with E-state index in [0.717, 1.165) is 24.7 Å². The van der Waals surface area contributed by atoms with Gasteiger partial charge in [0.1, 0.15) is 6.54 Å². The topological polar surface area (TPSA) is 65.8 Å². The number of rotatable bonds is 4. The van der Waals surface area contributed by atoms with Crippen molar-refractivity contribution in [1.82, 2.24) is 20.0 Å². The van der Waals surface area contributed by atoms with Crippen molar-refractivity contribution in [2.45, 2.75) is 27.3 Å². The van der Waals surface area contributed by atoms with Crippen LogP contribution in [0.15, 0.2) is 35.6 Å². The first-order valence-electron chi connectivity index (χ1n) is 9.36. The van der Waals surface area contributed by atoms with Crippen LogP contribution in [0.2, 0.25) is 0 Å². The van der Waals surface area contributed by atoms with Gasteiger partial charge in [0.2, 0.25) is 5.91 Å². The van der Waals surface area contributed by atoms with Gasteiger partial charge in [0, 0.05) is 32.9 Å². The molecule has 0 radical (unpaired) electrons. The van der Waals surface area contributed by atoms with Crippen molar-refractivity contribution in [1.29, 1.82) is 0 Å². The lowest BCUT2D eigenvalue weighted by Gasteiger charge is -2.35. The Hall–Kier alpha value is -2.83. The largest absolute Gasteiger partial charge is 0.356 e. The Bertz CT molecular complexity index is 841. The van der Waals surface area contributed by atoms with Crippen molar-refractivity contribution in [3.8, 4) is 0 Å². The quantitative estimate of drug-likeness (QED) is 0.661. The maximum atomic E-state index is 12.7. The van der Waals surface area contributed by atoms with Crippen molar-refractivity contribution >= 4 is 17.6 Å². The van der Waals surface area contributed by atoms with Crippen LogP contribution in [0.5, 0.6) is 0 Å². The number of carbonyl (C=O) groups excluding carboxylic acids is 1. The third-order valence-electron chi connectivity index (χ3n) is 4.76. The van der Waals surface area contributed by atoms with Gasteiger partial charge >= 0.3 is 0 Å². The number of nitrogens with one attached hydrogen (secondary N) is 1. The maximum absolute atomic E-state index is 12.7. The normalized spacial score (nSPS) is 15.4. The smallest absolute Gasteiger partial charge is 0.246 e. The van der Waals surface area contributed by atoms with Gasteiger partial charge in [0.25, 0.3) is 0 Å². The SMILES string of the molecule is CCNC(=NCc1ccc(C)cc1C)N1CCN(c2cnn(C)c2)C(=O)C1. The molecule has 0 aliphatic carbocycles. The number of aliphatic imine (C=N–C) groups is 1. The van der Waals surface area contributed by atoms with Gasteiger partial charge in [-0.25, -0.2) is 4.99 Å². The summed E-state index contributed by atoms with van der Waals surface area (Å²) in [6.45, 7) is 9.29. The number of hydrogen-bond donors (Lipinski definition) is 1. The number of benzene rings is 1. The van der Waals surface area contributed by atoms with Gasteiger partial charge < -0.3 is 15.1 Å². The van der Waals surface area contributed by atoms with Gasteiger partial charge in [-0.1, -0.05) is 23.8 Å². The second-order valence-electron chi connectivity index (χ2n) is 6.94. The summed E-state index contributed by atoms with van der Waals surface area (Å²) in [4.78, 5) is 21.3. The molecule has 0 saturated carbocycles. The highest BCUT2D eigenvalue weighted by atomic mass is 16.2. The molecule has 2 heterocycles. The summed E-state index contributed by atoms with van der Waals surface area (Å²) >= 11 is 0. The number of carbonyl (C=O) groups is 1. The van der Waals surface area contributed by atoms with Crippen LogP contribution in [0.4, 0.5) is 5.69 Å². The average Bonchev–Trinajstić information content (AvgIpc) is 3.06. The first-order valence-corrected chi connectivity index (χ1v) is 9.36. The minimum absolute atomic E-state index is 0.0615. The fourth-order valence-corrected chi connectivity index (χ4v) is 3.28. The summed E-state index contributed by atoms with van der Waals surface area (Å²) in [7, 11) is 1.85. The molecule has 7 heteroatoms. The molecule has 1 aromatic carbocycles. The highest BCUT2D eigenvalue weighted by Crippen LogP contribution is 2.17. The van der Waals surface area contributed by atoms with Crippen molar-refractivity contribution < 1.29 is 4.79 Å². The third-order valence-corrected chi connectivity index (χ3v) is 4.76. The number of piperazine rings is 1. The highest BCUT2D eigenvalue weighted by molar-refractivity contribution is 5.98. The molecular formula is C20H28N6O. The number of nitrogens with zero attached hydrogens (tertiary/aromatic N) is 5. The van der Waals surface area contributed by atoms with E-state index in [0.29, 0.717) is 19.6 Å². The predicted molar refractivity (Wildman–Crippen MR) is 108 cm³/mol. The lowest BCUT2D eigenvalue weighted by molar-refractivity contribution is -0.120. The molecule has 7 nitrogen and oxygen atoms in total. The first kappa shape index (κ1) is 18.9. The lowest BCUT2D eigenvalue weighted by atomic mass is 10.1. The highest BCUT2D eigenvalue weighted by Gasteiger charge is 2.27. The van der Waals surface area contributed by atoms with Crippen molar-refractivity contribution in [2.75, 3.05) is 31.1 Å². The first-order chi connectivity index (χ1) is 13.0. The molecule has 1 saturated heterocycles. The molecule has 1 aromatic heterocycles. The summed E-state index contributed by atoms with van der Waals surface area (Å²) in [6.07, 6.45) is 3.60. The zero-order valence-corrected chi connectivity index (χ0v) is 16.6. The Morgan fingerprint density at radius 3 is 2.74 bits per heavy atom. The number of anilines is 1. The summed E-state index contributed by atoms with van der Waals surface area (Å²) < 4.78 is 1.71. The van der Waals surface area contributed by atoms with E-state index in [4.69, 9.17) is 4.99 Å². The summed E-state index contributed by atoms with van der Waals surface area (Å²) in [5.41, 5.74) is 4.55.